The summed E-state index contributed by atoms with van der Waals surface area (Å²) in [5, 5.41) is 3.82. The summed E-state index contributed by atoms with van der Waals surface area (Å²) in [6.07, 6.45) is 2.05. The number of piperidine rings is 1. The molecule has 0 aromatic carbocycles. The number of hydrogen-bond acceptors (Lipinski definition) is 6. The molecule has 3 N–H and O–H groups in total. The molecule has 0 spiro atoms. The van der Waals surface area contributed by atoms with Crippen LogP contribution in [0.4, 0.5) is 10.9 Å². The van der Waals surface area contributed by atoms with Crippen LogP contribution in [-0.4, -0.2) is 60.0 Å². The van der Waals surface area contributed by atoms with Crippen molar-refractivity contribution in [2.24, 2.45) is 0 Å². The predicted molar refractivity (Wildman–Crippen MR) is 87.9 cm³/mol. The van der Waals surface area contributed by atoms with Gasteiger partial charge in [-0.15, -0.1) is 0 Å². The first-order valence-corrected chi connectivity index (χ1v) is 8.38. The first-order valence-electron chi connectivity index (χ1n) is 7.56. The molecule has 1 aromatic heterocycles. The maximum Gasteiger partial charge on any atom is 0.267 e. The van der Waals surface area contributed by atoms with Crippen molar-refractivity contribution in [3.05, 3.63) is 4.88 Å². The van der Waals surface area contributed by atoms with Gasteiger partial charge in [0.25, 0.3) is 5.91 Å². The minimum absolute atomic E-state index is 0.0101. The van der Waals surface area contributed by atoms with Gasteiger partial charge in [-0.25, -0.2) is 4.98 Å². The highest BCUT2D eigenvalue weighted by Crippen LogP contribution is 2.27. The quantitative estimate of drug-likeness (QED) is 0.866. The molecule has 0 unspecified atom stereocenters. The zero-order valence-electron chi connectivity index (χ0n) is 13.1. The van der Waals surface area contributed by atoms with Gasteiger partial charge in [0.1, 0.15) is 10.7 Å². The minimum Gasteiger partial charge on any atom is -0.382 e. The molecule has 0 atom stereocenters. The number of amides is 1. The van der Waals surface area contributed by atoms with Gasteiger partial charge < -0.3 is 20.9 Å². The monoisotopic (exact) mass is 311 g/mol. The van der Waals surface area contributed by atoms with Gasteiger partial charge in [0.05, 0.1) is 0 Å². The lowest BCUT2D eigenvalue weighted by atomic mass is 10.0. The lowest BCUT2D eigenvalue weighted by molar-refractivity contribution is 0.0652. The number of carbonyl (C=O) groups excluding carboxylic acids is 1. The number of aromatic nitrogens is 1. The molecule has 1 aromatic rings. The molecule has 7 heteroatoms. The maximum absolute atomic E-state index is 12.6. The fourth-order valence-corrected chi connectivity index (χ4v) is 3.60. The zero-order valence-corrected chi connectivity index (χ0v) is 13.9. The second-order valence-electron chi connectivity index (χ2n) is 5.35. The lowest BCUT2D eigenvalue weighted by Gasteiger charge is -2.36. The van der Waals surface area contributed by atoms with Crippen LogP contribution in [0.25, 0.3) is 0 Å². The molecule has 2 rings (SSSR count). The van der Waals surface area contributed by atoms with E-state index < -0.39 is 0 Å². The Kier molecular flexibility index (Phi) is 5.41. The van der Waals surface area contributed by atoms with E-state index in [4.69, 9.17) is 5.73 Å². The van der Waals surface area contributed by atoms with E-state index in [2.05, 4.69) is 22.1 Å². The number of likely N-dealkylation sites (tertiary alicyclic amines) is 1. The average Bonchev–Trinajstić information content (AvgIpc) is 2.87. The van der Waals surface area contributed by atoms with Gasteiger partial charge >= 0.3 is 0 Å². The Morgan fingerprint density at radius 3 is 2.71 bits per heavy atom. The van der Waals surface area contributed by atoms with Crippen LogP contribution in [0.15, 0.2) is 0 Å². The van der Waals surface area contributed by atoms with E-state index in [9.17, 15) is 4.79 Å². The number of hydrogen-bond donors (Lipinski definition) is 2. The van der Waals surface area contributed by atoms with Gasteiger partial charge in [-0.05, 0) is 26.3 Å². The Bertz CT molecular complexity index is 482. The molecule has 118 valence electrons. The van der Waals surface area contributed by atoms with Crippen LogP contribution < -0.4 is 11.1 Å². The summed E-state index contributed by atoms with van der Waals surface area (Å²) in [5.41, 5.74) is 5.89. The molecule has 0 bridgehead atoms. The average molecular weight is 311 g/mol. The third-order valence-corrected chi connectivity index (χ3v) is 5.06. The van der Waals surface area contributed by atoms with Gasteiger partial charge in [0.15, 0.2) is 5.13 Å². The number of thiazole rings is 1. The predicted octanol–water partition coefficient (Wildman–Crippen LogP) is 1.71. The van der Waals surface area contributed by atoms with E-state index >= 15 is 0 Å². The second kappa shape index (κ2) is 7.09. The molecule has 0 radical (unpaired) electrons. The molecule has 1 aliphatic heterocycles. The number of rotatable bonds is 5. The van der Waals surface area contributed by atoms with Crippen molar-refractivity contribution in [2.45, 2.75) is 32.7 Å². The van der Waals surface area contributed by atoms with Crippen molar-refractivity contribution in [2.75, 3.05) is 44.3 Å². The molecular formula is C14H25N5OS. The van der Waals surface area contributed by atoms with Crippen LogP contribution >= 0.6 is 11.3 Å². The smallest absolute Gasteiger partial charge is 0.267 e. The van der Waals surface area contributed by atoms with E-state index in [0.29, 0.717) is 21.9 Å². The van der Waals surface area contributed by atoms with E-state index in [1.165, 1.54) is 11.3 Å². The molecule has 2 heterocycles. The Hall–Kier alpha value is -1.34. The third-order valence-electron chi connectivity index (χ3n) is 4.05. The van der Waals surface area contributed by atoms with Crippen molar-refractivity contribution in [3.63, 3.8) is 0 Å². The van der Waals surface area contributed by atoms with Crippen LogP contribution in [0, 0.1) is 0 Å². The van der Waals surface area contributed by atoms with Crippen LogP contribution in [0.1, 0.15) is 36.4 Å². The van der Waals surface area contributed by atoms with Gasteiger partial charge in [0.2, 0.25) is 0 Å². The van der Waals surface area contributed by atoms with E-state index in [0.717, 1.165) is 39.0 Å². The highest BCUT2D eigenvalue weighted by molar-refractivity contribution is 7.18. The number of nitrogens with one attached hydrogen (secondary N) is 1. The number of nitrogen functional groups attached to an aromatic ring is 1. The summed E-state index contributed by atoms with van der Waals surface area (Å²) >= 11 is 1.34. The number of anilines is 2. The van der Waals surface area contributed by atoms with Crippen molar-refractivity contribution >= 4 is 28.2 Å². The van der Waals surface area contributed by atoms with Crippen LogP contribution in [0.2, 0.25) is 0 Å². The standard InChI is InChI=1S/C14H25N5OS/c1-4-16-14-17-12(15)11(21-14)13(20)18(3)10-6-8-19(5-2)9-7-10/h10H,4-9,15H2,1-3H3,(H,16,17). The Labute approximate surface area is 130 Å². The van der Waals surface area contributed by atoms with Crippen molar-refractivity contribution in [1.82, 2.24) is 14.8 Å². The molecule has 0 aliphatic carbocycles. The highest BCUT2D eigenvalue weighted by atomic mass is 32.1. The lowest BCUT2D eigenvalue weighted by Crippen LogP contribution is -2.45. The number of nitrogens with zero attached hydrogens (tertiary/aromatic N) is 3. The summed E-state index contributed by atoms with van der Waals surface area (Å²) in [5.74, 6) is 0.322. The molecule has 21 heavy (non-hydrogen) atoms. The SMILES string of the molecule is CCNc1nc(N)c(C(=O)N(C)C2CCN(CC)CC2)s1. The molecule has 1 amide bonds. The maximum atomic E-state index is 12.6. The van der Waals surface area contributed by atoms with E-state index in [-0.39, 0.29) is 5.91 Å². The molecule has 1 aliphatic rings. The largest absolute Gasteiger partial charge is 0.382 e. The molecule has 1 fully saturated rings. The molecule has 6 nitrogen and oxygen atoms in total. The summed E-state index contributed by atoms with van der Waals surface area (Å²) in [6.45, 7) is 8.13. The van der Waals surface area contributed by atoms with Crippen molar-refractivity contribution in [3.8, 4) is 0 Å². The Balaban J connectivity index is 2.02. The van der Waals surface area contributed by atoms with Gasteiger partial charge in [-0.2, -0.15) is 0 Å². The van der Waals surface area contributed by atoms with Crippen LogP contribution in [0.5, 0.6) is 0 Å². The highest BCUT2D eigenvalue weighted by Gasteiger charge is 2.28. The zero-order chi connectivity index (χ0) is 15.4. The van der Waals surface area contributed by atoms with Crippen molar-refractivity contribution < 1.29 is 4.79 Å². The van der Waals surface area contributed by atoms with Crippen LogP contribution in [0.3, 0.4) is 0 Å². The van der Waals surface area contributed by atoms with Gasteiger partial charge in [0, 0.05) is 32.7 Å². The molecular weight excluding hydrogens is 286 g/mol. The first kappa shape index (κ1) is 16.0. The second-order valence-corrected chi connectivity index (χ2v) is 6.34. The first-order chi connectivity index (χ1) is 10.1. The Morgan fingerprint density at radius 2 is 2.14 bits per heavy atom. The van der Waals surface area contributed by atoms with Crippen molar-refractivity contribution in [1.29, 1.82) is 0 Å². The summed E-state index contributed by atoms with van der Waals surface area (Å²) in [7, 11) is 1.88. The minimum atomic E-state index is -0.0101. The topological polar surface area (TPSA) is 74.5 Å². The van der Waals surface area contributed by atoms with E-state index in [1.54, 1.807) is 0 Å². The van der Waals surface area contributed by atoms with E-state index in [1.807, 2.05) is 18.9 Å². The van der Waals surface area contributed by atoms with Crippen LogP contribution in [-0.2, 0) is 0 Å². The Morgan fingerprint density at radius 1 is 1.48 bits per heavy atom. The third kappa shape index (κ3) is 3.65. The van der Waals surface area contributed by atoms with Gasteiger partial charge in [-0.3, -0.25) is 4.79 Å². The summed E-state index contributed by atoms with van der Waals surface area (Å²) in [6, 6.07) is 0.296. The molecule has 0 saturated carbocycles. The number of nitrogens with two attached hydrogens (primary N) is 1. The fraction of sp³-hybridized carbons (Fsp3) is 0.714. The normalized spacial score (nSPS) is 16.9. The fourth-order valence-electron chi connectivity index (χ4n) is 2.66. The summed E-state index contributed by atoms with van der Waals surface area (Å²) < 4.78 is 0. The van der Waals surface area contributed by atoms with Gasteiger partial charge in [-0.1, -0.05) is 18.3 Å². The summed E-state index contributed by atoms with van der Waals surface area (Å²) in [4.78, 5) is 21.6. The number of carbonyl (C=O) groups is 1. The molecule has 1 saturated heterocycles.